The summed E-state index contributed by atoms with van der Waals surface area (Å²) in [5, 5.41) is 10.1. The summed E-state index contributed by atoms with van der Waals surface area (Å²) < 4.78 is 15.9. The number of phenols is 1. The molecular formula is C21H21NO5. The number of hydrogen-bond acceptors (Lipinski definition) is 5. The van der Waals surface area contributed by atoms with E-state index in [0.717, 1.165) is 0 Å². The summed E-state index contributed by atoms with van der Waals surface area (Å²) in [7, 11) is 3.07. The molecule has 1 amide bonds. The van der Waals surface area contributed by atoms with Crippen molar-refractivity contribution < 1.29 is 23.8 Å². The molecule has 3 aromatic rings. The van der Waals surface area contributed by atoms with E-state index < -0.39 is 0 Å². The van der Waals surface area contributed by atoms with Gasteiger partial charge in [-0.1, -0.05) is 18.2 Å². The molecule has 6 nitrogen and oxygen atoms in total. The fourth-order valence-corrected chi connectivity index (χ4v) is 2.75. The summed E-state index contributed by atoms with van der Waals surface area (Å²) >= 11 is 0. The summed E-state index contributed by atoms with van der Waals surface area (Å²) in [6.07, 6.45) is 1.56. The molecule has 2 aromatic carbocycles. The number of nitrogens with zero attached hydrogens (tertiary/aromatic N) is 1. The molecule has 0 aliphatic carbocycles. The van der Waals surface area contributed by atoms with Gasteiger partial charge in [0, 0.05) is 17.2 Å². The smallest absolute Gasteiger partial charge is 0.254 e. The van der Waals surface area contributed by atoms with Crippen LogP contribution in [-0.2, 0) is 13.1 Å². The number of amides is 1. The Balaban J connectivity index is 1.94. The van der Waals surface area contributed by atoms with Gasteiger partial charge in [0.15, 0.2) is 0 Å². The van der Waals surface area contributed by atoms with E-state index in [1.807, 2.05) is 6.07 Å². The van der Waals surface area contributed by atoms with Crippen molar-refractivity contribution in [1.82, 2.24) is 4.90 Å². The highest BCUT2D eigenvalue weighted by Gasteiger charge is 2.20. The lowest BCUT2D eigenvalue weighted by atomic mass is 10.1. The highest BCUT2D eigenvalue weighted by atomic mass is 16.5. The van der Waals surface area contributed by atoms with Crippen molar-refractivity contribution >= 4 is 5.91 Å². The van der Waals surface area contributed by atoms with Crippen molar-refractivity contribution in [2.24, 2.45) is 0 Å². The molecule has 0 bridgehead atoms. The standard InChI is InChI=1S/C21H21NO5/c1-25-18-10-16(11-19(12-18)26-2)21(24)22(14-17-7-5-9-27-17)13-15-6-3-4-8-20(15)23/h3-12,23H,13-14H2,1-2H3. The largest absolute Gasteiger partial charge is 0.508 e. The van der Waals surface area contributed by atoms with Gasteiger partial charge in [-0.15, -0.1) is 0 Å². The highest BCUT2D eigenvalue weighted by molar-refractivity contribution is 5.95. The third kappa shape index (κ3) is 4.41. The minimum absolute atomic E-state index is 0.137. The minimum Gasteiger partial charge on any atom is -0.508 e. The second-order valence-corrected chi connectivity index (χ2v) is 5.97. The van der Waals surface area contributed by atoms with Crippen molar-refractivity contribution in [3.8, 4) is 17.2 Å². The Morgan fingerprint density at radius 2 is 1.70 bits per heavy atom. The van der Waals surface area contributed by atoms with Gasteiger partial charge < -0.3 is 23.9 Å². The molecule has 140 valence electrons. The summed E-state index contributed by atoms with van der Waals surface area (Å²) in [6, 6.07) is 15.5. The van der Waals surface area contributed by atoms with Crippen LogP contribution in [0.3, 0.4) is 0 Å². The first-order chi connectivity index (χ1) is 13.1. The summed E-state index contributed by atoms with van der Waals surface area (Å²) in [5.41, 5.74) is 1.07. The number of phenolic OH excluding ortho intramolecular Hbond substituents is 1. The van der Waals surface area contributed by atoms with E-state index >= 15 is 0 Å². The van der Waals surface area contributed by atoms with Gasteiger partial charge >= 0.3 is 0 Å². The van der Waals surface area contributed by atoms with Crippen LogP contribution in [0.5, 0.6) is 17.2 Å². The molecule has 0 saturated heterocycles. The van der Waals surface area contributed by atoms with Crippen LogP contribution in [0.2, 0.25) is 0 Å². The number of para-hydroxylation sites is 1. The van der Waals surface area contributed by atoms with Gasteiger partial charge in [0.2, 0.25) is 0 Å². The Kier molecular flexibility index (Phi) is 5.66. The molecule has 0 atom stereocenters. The van der Waals surface area contributed by atoms with Crippen LogP contribution in [0.1, 0.15) is 21.7 Å². The predicted octanol–water partition coefficient (Wildman–Crippen LogP) is 3.85. The van der Waals surface area contributed by atoms with Gasteiger partial charge in [-0.25, -0.2) is 0 Å². The van der Waals surface area contributed by atoms with Crippen molar-refractivity contribution in [3.63, 3.8) is 0 Å². The number of rotatable bonds is 7. The van der Waals surface area contributed by atoms with Gasteiger partial charge in [0.1, 0.15) is 23.0 Å². The van der Waals surface area contributed by atoms with Crippen LogP contribution in [-0.4, -0.2) is 30.1 Å². The van der Waals surface area contributed by atoms with Gasteiger partial charge in [0.25, 0.3) is 5.91 Å². The zero-order chi connectivity index (χ0) is 19.2. The molecule has 3 rings (SSSR count). The molecule has 1 N–H and O–H groups in total. The lowest BCUT2D eigenvalue weighted by Crippen LogP contribution is -2.30. The van der Waals surface area contributed by atoms with Gasteiger partial charge in [0.05, 0.1) is 33.6 Å². The van der Waals surface area contributed by atoms with Gasteiger partial charge in [-0.05, 0) is 30.3 Å². The number of furan rings is 1. The van der Waals surface area contributed by atoms with Gasteiger partial charge in [-0.3, -0.25) is 4.79 Å². The lowest BCUT2D eigenvalue weighted by Gasteiger charge is -2.23. The first kappa shape index (κ1) is 18.4. The van der Waals surface area contributed by atoms with Crippen LogP contribution in [0, 0.1) is 0 Å². The molecule has 0 aliphatic rings. The first-order valence-electron chi connectivity index (χ1n) is 8.42. The normalized spacial score (nSPS) is 10.4. The molecule has 0 unspecified atom stereocenters. The maximum atomic E-state index is 13.2. The fraction of sp³-hybridized carbons (Fsp3) is 0.190. The first-order valence-corrected chi connectivity index (χ1v) is 8.42. The molecule has 0 saturated carbocycles. The van der Waals surface area contributed by atoms with Crippen molar-refractivity contribution in [2.45, 2.75) is 13.1 Å². The molecule has 0 aliphatic heterocycles. The maximum absolute atomic E-state index is 13.2. The number of benzene rings is 2. The van der Waals surface area contributed by atoms with Crippen LogP contribution in [0.15, 0.2) is 65.3 Å². The topological polar surface area (TPSA) is 72.1 Å². The fourth-order valence-electron chi connectivity index (χ4n) is 2.75. The summed E-state index contributed by atoms with van der Waals surface area (Å²) in [5.74, 6) is 1.61. The second kappa shape index (κ2) is 8.31. The number of carbonyl (C=O) groups is 1. The average molecular weight is 367 g/mol. The van der Waals surface area contributed by atoms with Crippen LogP contribution >= 0.6 is 0 Å². The maximum Gasteiger partial charge on any atom is 0.254 e. The van der Waals surface area contributed by atoms with E-state index in [1.165, 1.54) is 14.2 Å². The van der Waals surface area contributed by atoms with Crippen molar-refractivity contribution in [1.29, 1.82) is 0 Å². The highest BCUT2D eigenvalue weighted by Crippen LogP contribution is 2.26. The molecule has 6 heteroatoms. The van der Waals surface area contributed by atoms with Crippen LogP contribution < -0.4 is 9.47 Å². The zero-order valence-corrected chi connectivity index (χ0v) is 15.2. The van der Waals surface area contributed by atoms with E-state index in [1.54, 1.807) is 59.7 Å². The van der Waals surface area contributed by atoms with E-state index in [9.17, 15) is 9.90 Å². The Morgan fingerprint density at radius 3 is 2.30 bits per heavy atom. The predicted molar refractivity (Wildman–Crippen MR) is 99.9 cm³/mol. The monoisotopic (exact) mass is 367 g/mol. The Bertz CT molecular complexity index is 882. The Labute approximate surface area is 157 Å². The molecule has 1 aromatic heterocycles. The van der Waals surface area contributed by atoms with E-state index in [-0.39, 0.29) is 24.7 Å². The molecule has 27 heavy (non-hydrogen) atoms. The second-order valence-electron chi connectivity index (χ2n) is 5.97. The quantitative estimate of drug-likeness (QED) is 0.687. The third-order valence-corrected chi connectivity index (χ3v) is 4.17. The average Bonchev–Trinajstić information content (AvgIpc) is 3.21. The zero-order valence-electron chi connectivity index (χ0n) is 15.2. The minimum atomic E-state index is -0.230. The molecule has 1 heterocycles. The Hall–Kier alpha value is -3.41. The summed E-state index contributed by atoms with van der Waals surface area (Å²) in [4.78, 5) is 14.8. The van der Waals surface area contributed by atoms with Crippen LogP contribution in [0.4, 0.5) is 0 Å². The molecule has 0 radical (unpaired) electrons. The van der Waals surface area contributed by atoms with Crippen molar-refractivity contribution in [2.75, 3.05) is 14.2 Å². The van der Waals surface area contributed by atoms with E-state index in [4.69, 9.17) is 13.9 Å². The molecule has 0 spiro atoms. The number of aromatic hydroxyl groups is 1. The number of hydrogen-bond donors (Lipinski definition) is 1. The summed E-state index contributed by atoms with van der Waals surface area (Å²) in [6.45, 7) is 0.491. The van der Waals surface area contributed by atoms with Crippen LogP contribution in [0.25, 0.3) is 0 Å². The Morgan fingerprint density at radius 1 is 1.00 bits per heavy atom. The number of ether oxygens (including phenoxy) is 2. The van der Waals surface area contributed by atoms with Gasteiger partial charge in [-0.2, -0.15) is 0 Å². The number of methoxy groups -OCH3 is 2. The third-order valence-electron chi connectivity index (χ3n) is 4.17. The lowest BCUT2D eigenvalue weighted by molar-refractivity contribution is 0.0716. The molecular weight excluding hydrogens is 346 g/mol. The van der Waals surface area contributed by atoms with E-state index in [2.05, 4.69) is 0 Å². The SMILES string of the molecule is COc1cc(OC)cc(C(=O)N(Cc2ccco2)Cc2ccccc2O)c1. The van der Waals surface area contributed by atoms with Crippen molar-refractivity contribution in [3.05, 3.63) is 77.7 Å². The number of carbonyl (C=O) groups excluding carboxylic acids is 1. The van der Waals surface area contributed by atoms with E-state index in [0.29, 0.717) is 28.4 Å². The molecule has 0 fully saturated rings.